The van der Waals surface area contributed by atoms with E-state index in [9.17, 15) is 14.4 Å². The minimum Gasteiger partial charge on any atom is -0.484 e. The first-order chi connectivity index (χ1) is 14.8. The number of carbonyl (C=O) groups excluding carboxylic acids is 2. The molecule has 0 unspecified atom stereocenters. The average molecular weight is 423 g/mol. The highest BCUT2D eigenvalue weighted by atomic mass is 16.5. The summed E-state index contributed by atoms with van der Waals surface area (Å²) in [4.78, 5) is 36.2. The molecule has 2 amide bonds. The lowest BCUT2D eigenvalue weighted by atomic mass is 10.2. The summed E-state index contributed by atoms with van der Waals surface area (Å²) in [6.45, 7) is 3.25. The highest BCUT2D eigenvalue weighted by Crippen LogP contribution is 2.15. The van der Waals surface area contributed by atoms with Gasteiger partial charge in [-0.05, 0) is 43.2 Å². The van der Waals surface area contributed by atoms with Gasteiger partial charge >= 0.3 is 5.69 Å². The number of rotatable bonds is 7. The summed E-state index contributed by atoms with van der Waals surface area (Å²) >= 11 is 0. The summed E-state index contributed by atoms with van der Waals surface area (Å²) in [5.74, 6) is -0.258. The molecule has 3 rings (SSSR count). The van der Waals surface area contributed by atoms with Crippen LogP contribution >= 0.6 is 0 Å². The molecule has 9 nitrogen and oxygen atoms in total. The highest BCUT2D eigenvalue weighted by Gasteiger charge is 2.15. The third-order valence-electron chi connectivity index (χ3n) is 4.91. The largest absolute Gasteiger partial charge is 0.484 e. The molecule has 1 aromatic heterocycles. The molecule has 1 heterocycles. The van der Waals surface area contributed by atoms with Gasteiger partial charge in [0, 0.05) is 14.1 Å². The SMILES string of the molecule is Cc1ccccc1OCC(=O)N[C@@H](C)C(=O)NN=Cc1ccc2c(c1)n(C)c(=O)n2C. The standard InChI is InChI=1S/C22H25N5O4/c1-14-7-5-6-8-19(14)31-13-20(28)24-15(2)21(29)25-23-12-16-9-10-17-18(11-16)27(4)22(30)26(17)3/h5-12,15H,13H2,1-4H3,(H,24,28)(H,25,29)/t15-/m0/s1. The van der Waals surface area contributed by atoms with E-state index in [2.05, 4.69) is 15.8 Å². The summed E-state index contributed by atoms with van der Waals surface area (Å²) in [6, 6.07) is 12.0. The second-order valence-electron chi connectivity index (χ2n) is 7.23. The quantitative estimate of drug-likeness (QED) is 0.440. The zero-order valence-electron chi connectivity index (χ0n) is 17.9. The Labute approximate surface area is 179 Å². The number of amides is 2. The Morgan fingerprint density at radius 3 is 2.58 bits per heavy atom. The number of hydrazone groups is 1. The van der Waals surface area contributed by atoms with Crippen LogP contribution in [0.15, 0.2) is 52.4 Å². The van der Waals surface area contributed by atoms with E-state index in [-0.39, 0.29) is 12.3 Å². The van der Waals surface area contributed by atoms with Gasteiger partial charge in [0.1, 0.15) is 11.8 Å². The normalized spacial score (nSPS) is 12.1. The fourth-order valence-corrected chi connectivity index (χ4v) is 3.08. The van der Waals surface area contributed by atoms with E-state index >= 15 is 0 Å². The molecule has 1 atom stereocenters. The molecule has 0 bridgehead atoms. The van der Waals surface area contributed by atoms with Gasteiger partial charge < -0.3 is 10.1 Å². The molecule has 3 aromatic rings. The van der Waals surface area contributed by atoms with Gasteiger partial charge in [-0.2, -0.15) is 5.10 Å². The van der Waals surface area contributed by atoms with Crippen LogP contribution in [0.4, 0.5) is 0 Å². The van der Waals surface area contributed by atoms with Crippen LogP contribution in [0, 0.1) is 6.92 Å². The maximum Gasteiger partial charge on any atom is 0.328 e. The molecule has 0 aliphatic rings. The number of nitrogens with one attached hydrogen (secondary N) is 2. The molecule has 0 radical (unpaired) electrons. The number of hydrogen-bond donors (Lipinski definition) is 2. The van der Waals surface area contributed by atoms with E-state index in [0.717, 1.165) is 22.2 Å². The Morgan fingerprint density at radius 2 is 1.84 bits per heavy atom. The highest BCUT2D eigenvalue weighted by molar-refractivity contribution is 5.90. The van der Waals surface area contributed by atoms with Gasteiger partial charge in [-0.25, -0.2) is 10.2 Å². The number of fused-ring (bicyclic) bond motifs is 1. The van der Waals surface area contributed by atoms with E-state index in [1.54, 1.807) is 48.4 Å². The molecule has 0 saturated heterocycles. The fourth-order valence-electron chi connectivity index (χ4n) is 3.08. The number of para-hydroxylation sites is 1. The fraction of sp³-hybridized carbons (Fsp3) is 0.273. The molecule has 0 saturated carbocycles. The molecule has 0 spiro atoms. The van der Waals surface area contributed by atoms with Crippen LogP contribution in [-0.2, 0) is 23.7 Å². The van der Waals surface area contributed by atoms with E-state index in [1.807, 2.05) is 31.2 Å². The second-order valence-corrected chi connectivity index (χ2v) is 7.23. The monoisotopic (exact) mass is 423 g/mol. The van der Waals surface area contributed by atoms with Crippen LogP contribution in [0.2, 0.25) is 0 Å². The first-order valence-corrected chi connectivity index (χ1v) is 9.74. The van der Waals surface area contributed by atoms with Crippen molar-refractivity contribution in [1.29, 1.82) is 0 Å². The lowest BCUT2D eigenvalue weighted by Gasteiger charge is -2.13. The first kappa shape index (κ1) is 21.8. The molecule has 9 heteroatoms. The van der Waals surface area contributed by atoms with Gasteiger partial charge in [-0.1, -0.05) is 24.3 Å². The lowest BCUT2D eigenvalue weighted by Crippen LogP contribution is -2.45. The van der Waals surface area contributed by atoms with Crippen molar-refractivity contribution in [2.45, 2.75) is 19.9 Å². The van der Waals surface area contributed by atoms with Crippen LogP contribution in [0.25, 0.3) is 11.0 Å². The van der Waals surface area contributed by atoms with Crippen molar-refractivity contribution in [2.24, 2.45) is 19.2 Å². The average Bonchev–Trinajstić information content (AvgIpc) is 2.96. The van der Waals surface area contributed by atoms with Gasteiger partial charge in [0.05, 0.1) is 17.2 Å². The Morgan fingerprint density at radius 1 is 1.13 bits per heavy atom. The second kappa shape index (κ2) is 9.29. The molecule has 0 aliphatic carbocycles. The van der Waals surface area contributed by atoms with E-state index < -0.39 is 17.9 Å². The number of nitrogens with zero attached hydrogens (tertiary/aromatic N) is 3. The smallest absolute Gasteiger partial charge is 0.328 e. The van der Waals surface area contributed by atoms with E-state index in [4.69, 9.17) is 4.74 Å². The molecule has 0 aliphatic heterocycles. The number of imidazole rings is 1. The van der Waals surface area contributed by atoms with Gasteiger partial charge in [-0.3, -0.25) is 18.7 Å². The molecule has 2 N–H and O–H groups in total. The van der Waals surface area contributed by atoms with Crippen molar-refractivity contribution in [3.8, 4) is 5.75 Å². The van der Waals surface area contributed by atoms with Gasteiger partial charge in [0.15, 0.2) is 6.61 Å². The lowest BCUT2D eigenvalue weighted by molar-refractivity contribution is -0.129. The number of aromatic nitrogens is 2. The third-order valence-corrected chi connectivity index (χ3v) is 4.91. The number of carbonyl (C=O) groups is 2. The van der Waals surface area contributed by atoms with Crippen LogP contribution < -0.4 is 21.2 Å². The number of ether oxygens (including phenoxy) is 1. The third kappa shape index (κ3) is 5.00. The molecular weight excluding hydrogens is 398 g/mol. The minimum absolute atomic E-state index is 0.117. The van der Waals surface area contributed by atoms with Crippen LogP contribution in [-0.4, -0.2) is 39.8 Å². The molecule has 0 fully saturated rings. The zero-order chi connectivity index (χ0) is 22.5. The van der Waals surface area contributed by atoms with Gasteiger partial charge in [-0.15, -0.1) is 0 Å². The van der Waals surface area contributed by atoms with Crippen LogP contribution in [0.5, 0.6) is 5.75 Å². The molecule has 162 valence electrons. The topological polar surface area (TPSA) is 107 Å². The van der Waals surface area contributed by atoms with Crippen molar-refractivity contribution < 1.29 is 14.3 Å². The first-order valence-electron chi connectivity index (χ1n) is 9.74. The van der Waals surface area contributed by atoms with Gasteiger partial charge in [0.25, 0.3) is 11.8 Å². The summed E-state index contributed by atoms with van der Waals surface area (Å²) < 4.78 is 8.58. The van der Waals surface area contributed by atoms with Crippen molar-refractivity contribution in [2.75, 3.05) is 6.61 Å². The number of aryl methyl sites for hydroxylation is 3. The summed E-state index contributed by atoms with van der Waals surface area (Å²) in [6.07, 6.45) is 1.48. The maximum atomic E-state index is 12.2. The molecule has 31 heavy (non-hydrogen) atoms. The Hall–Kier alpha value is -3.88. The van der Waals surface area contributed by atoms with Crippen LogP contribution in [0.1, 0.15) is 18.1 Å². The van der Waals surface area contributed by atoms with Crippen molar-refractivity contribution in [3.05, 3.63) is 64.1 Å². The maximum absolute atomic E-state index is 12.2. The predicted octanol–water partition coefficient (Wildman–Crippen LogP) is 1.22. The summed E-state index contributed by atoms with van der Waals surface area (Å²) in [5.41, 5.74) is 5.49. The minimum atomic E-state index is -0.789. The number of benzene rings is 2. The summed E-state index contributed by atoms with van der Waals surface area (Å²) in [7, 11) is 3.40. The Bertz CT molecular complexity index is 1210. The summed E-state index contributed by atoms with van der Waals surface area (Å²) in [5, 5.41) is 6.51. The molecule has 2 aromatic carbocycles. The van der Waals surface area contributed by atoms with Crippen molar-refractivity contribution >= 4 is 29.1 Å². The Kier molecular flexibility index (Phi) is 6.54. The predicted molar refractivity (Wildman–Crippen MR) is 118 cm³/mol. The van der Waals surface area contributed by atoms with Gasteiger partial charge in [0.2, 0.25) is 0 Å². The van der Waals surface area contributed by atoms with E-state index in [1.165, 1.54) is 6.21 Å². The Balaban J connectivity index is 1.52. The van der Waals surface area contributed by atoms with Crippen LogP contribution in [0.3, 0.4) is 0 Å². The zero-order valence-corrected chi connectivity index (χ0v) is 17.9. The molecular formula is C22H25N5O4. The van der Waals surface area contributed by atoms with E-state index in [0.29, 0.717) is 5.75 Å². The number of hydrogen-bond acceptors (Lipinski definition) is 5. The van der Waals surface area contributed by atoms with Crippen molar-refractivity contribution in [3.63, 3.8) is 0 Å². The van der Waals surface area contributed by atoms with Crippen molar-refractivity contribution in [1.82, 2.24) is 19.9 Å².